The Morgan fingerprint density at radius 3 is 2.67 bits per heavy atom. The van der Waals surface area contributed by atoms with Gasteiger partial charge in [0, 0.05) is 6.54 Å². The Balaban J connectivity index is 1.52. The van der Waals surface area contributed by atoms with E-state index in [-0.39, 0.29) is 11.4 Å². The van der Waals surface area contributed by atoms with Crippen LogP contribution in [0.3, 0.4) is 0 Å². The highest BCUT2D eigenvalue weighted by Crippen LogP contribution is 2.09. The van der Waals surface area contributed by atoms with Crippen molar-refractivity contribution in [3.8, 4) is 0 Å². The standard InChI is InChI=1S/C20H18FN5O/c1-14-22-19-5-3-2-4-18(19)20(27)26(14)13-17-12-25(24-23-17)11-10-15-6-8-16(21)9-7-15/h2-9,12H,10-11,13H2,1H3. The van der Waals surface area contributed by atoms with Crippen LogP contribution in [0.4, 0.5) is 4.39 Å². The zero-order chi connectivity index (χ0) is 18.8. The van der Waals surface area contributed by atoms with E-state index in [9.17, 15) is 9.18 Å². The molecule has 0 amide bonds. The van der Waals surface area contributed by atoms with Crippen LogP contribution in [-0.4, -0.2) is 24.5 Å². The maximum atomic E-state index is 13.0. The van der Waals surface area contributed by atoms with Crippen molar-refractivity contribution in [1.29, 1.82) is 0 Å². The Kier molecular flexibility index (Phi) is 4.50. The van der Waals surface area contributed by atoms with Gasteiger partial charge in [-0.05, 0) is 43.2 Å². The van der Waals surface area contributed by atoms with Crippen LogP contribution in [0, 0.1) is 12.7 Å². The number of aryl methyl sites for hydroxylation is 3. The molecule has 2 heterocycles. The monoisotopic (exact) mass is 363 g/mol. The van der Waals surface area contributed by atoms with Crippen molar-refractivity contribution in [3.63, 3.8) is 0 Å². The molecule has 0 saturated heterocycles. The fourth-order valence-corrected chi connectivity index (χ4v) is 3.04. The number of hydrogen-bond donors (Lipinski definition) is 0. The van der Waals surface area contributed by atoms with E-state index in [0.29, 0.717) is 35.5 Å². The third-order valence-electron chi connectivity index (χ3n) is 4.50. The molecule has 0 aliphatic heterocycles. The average Bonchev–Trinajstić information content (AvgIpc) is 3.12. The van der Waals surface area contributed by atoms with Crippen molar-refractivity contribution >= 4 is 10.9 Å². The molecule has 0 radical (unpaired) electrons. The minimum atomic E-state index is -0.244. The molecule has 136 valence electrons. The average molecular weight is 363 g/mol. The van der Waals surface area contributed by atoms with E-state index in [0.717, 1.165) is 12.0 Å². The molecule has 4 rings (SSSR count). The van der Waals surface area contributed by atoms with Crippen LogP contribution in [0.5, 0.6) is 0 Å². The molecule has 27 heavy (non-hydrogen) atoms. The number of hydrogen-bond acceptors (Lipinski definition) is 4. The van der Waals surface area contributed by atoms with E-state index >= 15 is 0 Å². The zero-order valence-electron chi connectivity index (χ0n) is 14.8. The lowest BCUT2D eigenvalue weighted by molar-refractivity contribution is 0.587. The van der Waals surface area contributed by atoms with E-state index < -0.39 is 0 Å². The van der Waals surface area contributed by atoms with Crippen molar-refractivity contribution in [1.82, 2.24) is 24.5 Å². The molecule has 0 saturated carbocycles. The van der Waals surface area contributed by atoms with Crippen LogP contribution in [0.25, 0.3) is 10.9 Å². The van der Waals surface area contributed by atoms with Crippen LogP contribution in [-0.2, 0) is 19.5 Å². The molecule has 2 aromatic carbocycles. The topological polar surface area (TPSA) is 65.6 Å². The van der Waals surface area contributed by atoms with Crippen molar-refractivity contribution in [3.05, 3.63) is 88.0 Å². The number of para-hydroxylation sites is 1. The maximum Gasteiger partial charge on any atom is 0.261 e. The van der Waals surface area contributed by atoms with E-state index in [4.69, 9.17) is 0 Å². The van der Waals surface area contributed by atoms with E-state index in [2.05, 4.69) is 15.3 Å². The van der Waals surface area contributed by atoms with Crippen molar-refractivity contribution < 1.29 is 4.39 Å². The summed E-state index contributed by atoms with van der Waals surface area (Å²) < 4.78 is 16.3. The number of halogens is 1. The molecule has 0 unspecified atom stereocenters. The Morgan fingerprint density at radius 2 is 1.85 bits per heavy atom. The summed E-state index contributed by atoms with van der Waals surface area (Å²) in [7, 11) is 0. The Morgan fingerprint density at radius 1 is 1.07 bits per heavy atom. The molecular weight excluding hydrogens is 345 g/mol. The summed E-state index contributed by atoms with van der Waals surface area (Å²) in [5.74, 6) is 0.395. The summed E-state index contributed by atoms with van der Waals surface area (Å²) in [6, 6.07) is 13.7. The zero-order valence-corrected chi connectivity index (χ0v) is 14.8. The van der Waals surface area contributed by atoms with Crippen molar-refractivity contribution in [2.24, 2.45) is 0 Å². The van der Waals surface area contributed by atoms with Crippen molar-refractivity contribution in [2.45, 2.75) is 26.4 Å². The summed E-state index contributed by atoms with van der Waals surface area (Å²) in [5.41, 5.74) is 2.33. The van der Waals surface area contributed by atoms with Gasteiger partial charge in [-0.1, -0.05) is 29.5 Å². The summed E-state index contributed by atoms with van der Waals surface area (Å²) in [6.07, 6.45) is 2.55. The SMILES string of the molecule is Cc1nc2ccccc2c(=O)n1Cc1cn(CCc2ccc(F)cc2)nn1. The minimum Gasteiger partial charge on any atom is -0.290 e. The number of fused-ring (bicyclic) bond motifs is 1. The lowest BCUT2D eigenvalue weighted by Crippen LogP contribution is -2.24. The summed E-state index contributed by atoms with van der Waals surface area (Å²) >= 11 is 0. The van der Waals surface area contributed by atoms with Gasteiger partial charge < -0.3 is 0 Å². The first-order valence-electron chi connectivity index (χ1n) is 8.70. The summed E-state index contributed by atoms with van der Waals surface area (Å²) in [5, 5.41) is 8.88. The summed E-state index contributed by atoms with van der Waals surface area (Å²) in [6.45, 7) is 2.76. The van der Waals surface area contributed by atoms with Crippen LogP contribution in [0.1, 0.15) is 17.1 Å². The predicted octanol–water partition coefficient (Wildman–Crippen LogP) is 2.73. The second-order valence-corrected chi connectivity index (χ2v) is 6.42. The van der Waals surface area contributed by atoms with Crippen LogP contribution < -0.4 is 5.56 Å². The molecule has 0 aliphatic carbocycles. The normalized spacial score (nSPS) is 11.2. The smallest absolute Gasteiger partial charge is 0.261 e. The third kappa shape index (κ3) is 3.62. The lowest BCUT2D eigenvalue weighted by atomic mass is 10.1. The van der Waals surface area contributed by atoms with E-state index in [1.165, 1.54) is 12.1 Å². The highest BCUT2D eigenvalue weighted by Gasteiger charge is 2.10. The second kappa shape index (κ2) is 7.11. The van der Waals surface area contributed by atoms with Crippen LogP contribution in [0.15, 0.2) is 59.5 Å². The molecule has 7 heteroatoms. The third-order valence-corrected chi connectivity index (χ3v) is 4.50. The fraction of sp³-hybridized carbons (Fsp3) is 0.200. The predicted molar refractivity (Wildman–Crippen MR) is 100.0 cm³/mol. The maximum absolute atomic E-state index is 13.0. The van der Waals surface area contributed by atoms with Gasteiger partial charge in [0.05, 0.1) is 23.6 Å². The van der Waals surface area contributed by atoms with Gasteiger partial charge in [0.1, 0.15) is 17.3 Å². The minimum absolute atomic E-state index is 0.0843. The first-order valence-corrected chi connectivity index (χ1v) is 8.70. The number of rotatable bonds is 5. The number of aromatic nitrogens is 5. The molecule has 0 spiro atoms. The molecule has 0 aliphatic rings. The van der Waals surface area contributed by atoms with Crippen molar-refractivity contribution in [2.75, 3.05) is 0 Å². The Bertz CT molecular complexity index is 1150. The molecule has 6 nitrogen and oxygen atoms in total. The van der Waals surface area contributed by atoms with Gasteiger partial charge in [-0.3, -0.25) is 14.0 Å². The highest BCUT2D eigenvalue weighted by atomic mass is 19.1. The molecule has 0 bridgehead atoms. The largest absolute Gasteiger partial charge is 0.290 e. The highest BCUT2D eigenvalue weighted by molar-refractivity contribution is 5.77. The molecule has 0 fully saturated rings. The van der Waals surface area contributed by atoms with Gasteiger partial charge in [0.2, 0.25) is 0 Å². The Hall–Kier alpha value is -3.35. The fourth-order valence-electron chi connectivity index (χ4n) is 3.04. The van der Waals surface area contributed by atoms with Gasteiger partial charge in [-0.15, -0.1) is 5.10 Å². The first kappa shape index (κ1) is 17.1. The molecule has 4 aromatic rings. The molecule has 2 aromatic heterocycles. The lowest BCUT2D eigenvalue weighted by Gasteiger charge is -2.08. The Labute approximate surface area is 154 Å². The molecule has 0 atom stereocenters. The first-order chi connectivity index (χ1) is 13.1. The van der Waals surface area contributed by atoms with Gasteiger partial charge in [0.15, 0.2) is 0 Å². The van der Waals surface area contributed by atoms with E-state index in [1.54, 1.807) is 27.4 Å². The number of nitrogens with zero attached hydrogens (tertiary/aromatic N) is 5. The quantitative estimate of drug-likeness (QED) is 0.547. The second-order valence-electron chi connectivity index (χ2n) is 6.42. The molecular formula is C20H18FN5O. The molecule has 0 N–H and O–H groups in total. The van der Waals surface area contributed by atoms with Gasteiger partial charge in [0.25, 0.3) is 5.56 Å². The van der Waals surface area contributed by atoms with E-state index in [1.807, 2.05) is 31.3 Å². The summed E-state index contributed by atoms with van der Waals surface area (Å²) in [4.78, 5) is 17.2. The van der Waals surface area contributed by atoms with Gasteiger partial charge in [-0.25, -0.2) is 9.37 Å². The van der Waals surface area contributed by atoms with Gasteiger partial charge >= 0.3 is 0 Å². The van der Waals surface area contributed by atoms with Crippen LogP contribution >= 0.6 is 0 Å². The van der Waals surface area contributed by atoms with Crippen LogP contribution in [0.2, 0.25) is 0 Å². The number of benzene rings is 2. The van der Waals surface area contributed by atoms with Gasteiger partial charge in [-0.2, -0.15) is 0 Å².